The smallest absolute Gasteiger partial charge is 0.145 e. The number of carbonyl (C=O) groups excluding carboxylic acids is 1. The lowest BCUT2D eigenvalue weighted by atomic mass is 10.1. The highest BCUT2D eigenvalue weighted by Gasteiger charge is 2.25. The van der Waals surface area contributed by atoms with Gasteiger partial charge in [0, 0.05) is 43.7 Å². The molecule has 9 nitrogen and oxygen atoms in total. The monoisotopic (exact) mass is 438 g/mol. The Bertz CT molecular complexity index is 1050. The van der Waals surface area contributed by atoms with Crippen molar-refractivity contribution >= 4 is 23.0 Å². The first kappa shape index (κ1) is 22.2. The molecule has 1 N–H and O–H groups in total. The summed E-state index contributed by atoms with van der Waals surface area (Å²) in [6.07, 6.45) is 2.49. The van der Waals surface area contributed by atoms with E-state index in [1.807, 2.05) is 38.1 Å². The summed E-state index contributed by atoms with van der Waals surface area (Å²) >= 11 is 0. The van der Waals surface area contributed by atoms with Gasteiger partial charge in [-0.3, -0.25) is 10.00 Å². The third kappa shape index (κ3) is 5.05. The zero-order valence-corrected chi connectivity index (χ0v) is 18.8. The number of aromatic nitrogens is 4. The first-order valence-electron chi connectivity index (χ1n) is 11.0. The highest BCUT2D eigenvalue weighted by atomic mass is 16.5. The van der Waals surface area contributed by atoms with E-state index in [0.29, 0.717) is 12.6 Å². The van der Waals surface area contributed by atoms with E-state index in [9.17, 15) is 4.79 Å². The van der Waals surface area contributed by atoms with Crippen molar-refractivity contribution in [1.29, 1.82) is 0 Å². The number of hydrogen-bond donors (Lipinski definition) is 1. The van der Waals surface area contributed by atoms with Crippen LogP contribution >= 0.6 is 0 Å². The molecule has 3 aromatic rings. The number of hydrogen-bond acceptors (Lipinski definition) is 8. The molecule has 0 saturated carbocycles. The van der Waals surface area contributed by atoms with Crippen LogP contribution in [0, 0.1) is 0 Å². The van der Waals surface area contributed by atoms with Crippen molar-refractivity contribution < 1.29 is 14.3 Å². The zero-order valence-electron chi connectivity index (χ0n) is 18.8. The van der Waals surface area contributed by atoms with Gasteiger partial charge in [0.2, 0.25) is 0 Å². The Labute approximate surface area is 187 Å². The number of fused-ring (bicyclic) bond motifs is 1. The standard InChI is InChI=1S/C23H30N6O3/c1-16(2)32-18-4-5-20-19(12-18)23(27-26-20)21-13-22(25-15-24-21)29-7-6-28(17(3)14-29)8-10-31-11-9-30/h4-5,9,12-13,15-17H,6-8,10-11,14H2,1-3H3,(H,26,27)/t17-/m0/s1. The Morgan fingerprint density at radius 2 is 2.12 bits per heavy atom. The summed E-state index contributed by atoms with van der Waals surface area (Å²) in [5.74, 6) is 1.70. The molecule has 0 radical (unpaired) electrons. The van der Waals surface area contributed by atoms with Crippen LogP contribution in [0.25, 0.3) is 22.3 Å². The van der Waals surface area contributed by atoms with Crippen molar-refractivity contribution in [1.82, 2.24) is 25.1 Å². The van der Waals surface area contributed by atoms with Crippen LogP contribution in [-0.2, 0) is 9.53 Å². The molecule has 0 unspecified atom stereocenters. The van der Waals surface area contributed by atoms with E-state index in [1.165, 1.54) is 0 Å². The van der Waals surface area contributed by atoms with Gasteiger partial charge in [0.05, 0.1) is 23.9 Å². The number of aromatic amines is 1. The molecule has 9 heteroatoms. The number of anilines is 1. The third-order valence-corrected chi connectivity index (χ3v) is 5.60. The average molecular weight is 439 g/mol. The van der Waals surface area contributed by atoms with Crippen LogP contribution in [0.1, 0.15) is 20.8 Å². The molecule has 1 saturated heterocycles. The molecule has 1 atom stereocenters. The minimum absolute atomic E-state index is 0.102. The second-order valence-electron chi connectivity index (χ2n) is 8.28. The van der Waals surface area contributed by atoms with Crippen LogP contribution in [0.5, 0.6) is 5.75 Å². The Hall–Kier alpha value is -3.04. The van der Waals surface area contributed by atoms with Crippen LogP contribution < -0.4 is 9.64 Å². The topological polar surface area (TPSA) is 96.5 Å². The molecular weight excluding hydrogens is 408 g/mol. The summed E-state index contributed by atoms with van der Waals surface area (Å²) in [5.41, 5.74) is 2.51. The number of piperazine rings is 1. The van der Waals surface area contributed by atoms with Crippen molar-refractivity contribution in [2.24, 2.45) is 0 Å². The molecule has 0 bridgehead atoms. The SMILES string of the molecule is CC(C)Oc1ccc2[nH]nc(-c3cc(N4CCN(CCOCC=O)[C@@H](C)C4)ncn3)c2c1. The molecule has 170 valence electrons. The van der Waals surface area contributed by atoms with Gasteiger partial charge in [-0.25, -0.2) is 9.97 Å². The molecular formula is C23H30N6O3. The molecule has 1 aromatic carbocycles. The largest absolute Gasteiger partial charge is 0.491 e. The minimum Gasteiger partial charge on any atom is -0.491 e. The Morgan fingerprint density at radius 3 is 2.91 bits per heavy atom. The molecule has 4 rings (SSSR count). The lowest BCUT2D eigenvalue weighted by molar-refractivity contribution is -0.112. The van der Waals surface area contributed by atoms with Crippen LogP contribution in [0.4, 0.5) is 5.82 Å². The number of rotatable bonds is 9. The van der Waals surface area contributed by atoms with Crippen LogP contribution in [0.15, 0.2) is 30.6 Å². The predicted octanol–water partition coefficient (Wildman–Crippen LogP) is 2.53. The summed E-state index contributed by atoms with van der Waals surface area (Å²) in [4.78, 5) is 24.1. The maximum atomic E-state index is 10.4. The van der Waals surface area contributed by atoms with Gasteiger partial charge in [0.25, 0.3) is 0 Å². The molecule has 1 aliphatic heterocycles. The van der Waals surface area contributed by atoms with E-state index in [4.69, 9.17) is 9.47 Å². The maximum Gasteiger partial charge on any atom is 0.145 e. The zero-order chi connectivity index (χ0) is 22.5. The fraction of sp³-hybridized carbons (Fsp3) is 0.478. The van der Waals surface area contributed by atoms with E-state index in [2.05, 4.69) is 36.9 Å². The quantitative estimate of drug-likeness (QED) is 0.402. The van der Waals surface area contributed by atoms with E-state index in [-0.39, 0.29) is 12.7 Å². The minimum atomic E-state index is 0.102. The first-order valence-corrected chi connectivity index (χ1v) is 11.0. The lowest BCUT2D eigenvalue weighted by Crippen LogP contribution is -2.53. The first-order chi connectivity index (χ1) is 15.5. The van der Waals surface area contributed by atoms with Crippen LogP contribution in [0.3, 0.4) is 0 Å². The molecule has 0 amide bonds. The molecule has 0 aliphatic carbocycles. The number of ether oxygens (including phenoxy) is 2. The van der Waals surface area contributed by atoms with Gasteiger partial charge in [-0.1, -0.05) is 0 Å². The summed E-state index contributed by atoms with van der Waals surface area (Å²) in [6.45, 7) is 10.4. The van der Waals surface area contributed by atoms with Crippen molar-refractivity contribution in [3.63, 3.8) is 0 Å². The van der Waals surface area contributed by atoms with Gasteiger partial charge in [0.15, 0.2) is 0 Å². The highest BCUT2D eigenvalue weighted by molar-refractivity contribution is 5.93. The van der Waals surface area contributed by atoms with Gasteiger partial charge in [0.1, 0.15) is 36.5 Å². The molecule has 32 heavy (non-hydrogen) atoms. The molecule has 1 aliphatic rings. The van der Waals surface area contributed by atoms with Gasteiger partial charge >= 0.3 is 0 Å². The average Bonchev–Trinajstić information content (AvgIpc) is 3.20. The van der Waals surface area contributed by atoms with Gasteiger partial charge in [-0.15, -0.1) is 0 Å². The van der Waals surface area contributed by atoms with E-state index >= 15 is 0 Å². The van der Waals surface area contributed by atoms with Crippen molar-refractivity contribution in [3.05, 3.63) is 30.6 Å². The number of H-pyrrole nitrogens is 1. The Morgan fingerprint density at radius 1 is 1.25 bits per heavy atom. The summed E-state index contributed by atoms with van der Waals surface area (Å²) in [6, 6.07) is 8.28. The van der Waals surface area contributed by atoms with E-state index < -0.39 is 0 Å². The number of nitrogens with zero attached hydrogens (tertiary/aromatic N) is 5. The van der Waals surface area contributed by atoms with Gasteiger partial charge in [-0.2, -0.15) is 5.10 Å². The highest BCUT2D eigenvalue weighted by Crippen LogP contribution is 2.30. The fourth-order valence-electron chi connectivity index (χ4n) is 4.03. The molecule has 1 fully saturated rings. The van der Waals surface area contributed by atoms with E-state index in [0.717, 1.165) is 66.3 Å². The predicted molar refractivity (Wildman–Crippen MR) is 123 cm³/mol. The second-order valence-corrected chi connectivity index (χ2v) is 8.28. The van der Waals surface area contributed by atoms with Crippen LogP contribution in [0.2, 0.25) is 0 Å². The molecule has 0 spiro atoms. The molecule has 3 heterocycles. The molecule has 2 aromatic heterocycles. The second kappa shape index (κ2) is 10.1. The van der Waals surface area contributed by atoms with Gasteiger partial charge < -0.3 is 19.2 Å². The van der Waals surface area contributed by atoms with E-state index in [1.54, 1.807) is 6.33 Å². The lowest BCUT2D eigenvalue weighted by Gasteiger charge is -2.40. The fourth-order valence-corrected chi connectivity index (χ4v) is 4.03. The Kier molecular flexibility index (Phi) is 6.96. The number of nitrogens with one attached hydrogen (secondary N) is 1. The summed E-state index contributed by atoms with van der Waals surface area (Å²) < 4.78 is 11.2. The van der Waals surface area contributed by atoms with Crippen molar-refractivity contribution in [2.75, 3.05) is 44.3 Å². The van der Waals surface area contributed by atoms with Crippen LogP contribution in [-0.4, -0.2) is 82.9 Å². The van der Waals surface area contributed by atoms with Crippen molar-refractivity contribution in [2.45, 2.75) is 32.9 Å². The number of carbonyl (C=O) groups is 1. The summed E-state index contributed by atoms with van der Waals surface area (Å²) in [5, 5.41) is 8.57. The Balaban J connectivity index is 1.49. The normalized spacial score (nSPS) is 17.2. The maximum absolute atomic E-state index is 10.4. The van der Waals surface area contributed by atoms with Gasteiger partial charge in [-0.05, 0) is 39.0 Å². The summed E-state index contributed by atoms with van der Waals surface area (Å²) in [7, 11) is 0. The third-order valence-electron chi connectivity index (χ3n) is 5.60. The number of benzene rings is 1. The number of aldehydes is 1. The van der Waals surface area contributed by atoms with Crippen molar-refractivity contribution in [3.8, 4) is 17.1 Å².